The van der Waals surface area contributed by atoms with E-state index >= 15 is 0 Å². The van der Waals surface area contributed by atoms with Gasteiger partial charge < -0.3 is 19.9 Å². The fraction of sp³-hybridized carbons (Fsp3) is 0.182. The molecule has 0 heterocycles. The summed E-state index contributed by atoms with van der Waals surface area (Å²) >= 11 is 0. The molecule has 0 atom stereocenters. The standard InChI is InChI=1S/C22H18F6N2O4/c23-21(24,25)17-8-13(11-29-31)4-6-19(17)33-15-2-1-3-16(10-15)34-20-7-5-14(12-30-32)9-18(20)22(26,27)28/h1-10,29-32H,11-12H2. The van der Waals surface area contributed by atoms with Crippen molar-refractivity contribution in [2.45, 2.75) is 25.4 Å². The maximum absolute atomic E-state index is 13.5. The molecule has 0 saturated carbocycles. The minimum Gasteiger partial charge on any atom is -0.457 e. The van der Waals surface area contributed by atoms with Crippen molar-refractivity contribution in [1.29, 1.82) is 0 Å². The van der Waals surface area contributed by atoms with Crippen molar-refractivity contribution >= 4 is 0 Å². The van der Waals surface area contributed by atoms with Crippen molar-refractivity contribution in [3.8, 4) is 23.0 Å². The number of rotatable bonds is 8. The molecular formula is C22H18F6N2O4. The van der Waals surface area contributed by atoms with Gasteiger partial charge in [-0.15, -0.1) is 0 Å². The normalized spacial score (nSPS) is 12.0. The van der Waals surface area contributed by atoms with Gasteiger partial charge >= 0.3 is 12.4 Å². The van der Waals surface area contributed by atoms with Crippen molar-refractivity contribution in [1.82, 2.24) is 11.0 Å². The van der Waals surface area contributed by atoms with Crippen molar-refractivity contribution in [3.63, 3.8) is 0 Å². The van der Waals surface area contributed by atoms with Gasteiger partial charge in [-0.25, -0.2) is 11.0 Å². The van der Waals surface area contributed by atoms with Crippen LogP contribution < -0.4 is 20.4 Å². The number of hydrogen-bond acceptors (Lipinski definition) is 6. The molecule has 6 nitrogen and oxygen atoms in total. The highest BCUT2D eigenvalue weighted by Crippen LogP contribution is 2.41. The summed E-state index contributed by atoms with van der Waals surface area (Å²) in [6.45, 7) is -0.442. The van der Waals surface area contributed by atoms with Crippen LogP contribution in [0.25, 0.3) is 0 Å². The predicted octanol–water partition coefficient (Wildman–Crippen LogP) is 6.27. The number of benzene rings is 3. The first kappa shape index (κ1) is 25.3. The molecule has 0 bridgehead atoms. The van der Waals surface area contributed by atoms with Gasteiger partial charge in [-0.2, -0.15) is 26.3 Å². The first-order valence-electron chi connectivity index (χ1n) is 9.61. The number of nitrogens with one attached hydrogen (secondary N) is 2. The van der Waals surface area contributed by atoms with Crippen LogP contribution in [0, 0.1) is 0 Å². The van der Waals surface area contributed by atoms with E-state index in [9.17, 15) is 26.3 Å². The topological polar surface area (TPSA) is 83.0 Å². The average Bonchev–Trinajstić information content (AvgIpc) is 2.75. The molecule has 0 unspecified atom stereocenters. The van der Waals surface area contributed by atoms with Gasteiger partial charge in [-0.1, -0.05) is 18.2 Å². The zero-order chi connectivity index (χ0) is 24.9. The Morgan fingerprint density at radius 3 is 1.38 bits per heavy atom. The van der Waals surface area contributed by atoms with Gasteiger partial charge in [0, 0.05) is 19.2 Å². The van der Waals surface area contributed by atoms with Gasteiger partial charge in [0.15, 0.2) is 0 Å². The largest absolute Gasteiger partial charge is 0.457 e. The third-order valence-electron chi connectivity index (χ3n) is 4.53. The summed E-state index contributed by atoms with van der Waals surface area (Å²) in [5, 5.41) is 17.4. The van der Waals surface area contributed by atoms with Gasteiger partial charge in [-0.05, 0) is 47.5 Å². The van der Waals surface area contributed by atoms with Crippen LogP contribution in [0.2, 0.25) is 0 Å². The number of hydroxylamine groups is 2. The first-order chi connectivity index (χ1) is 16.0. The van der Waals surface area contributed by atoms with E-state index in [4.69, 9.17) is 19.9 Å². The van der Waals surface area contributed by atoms with Crippen molar-refractivity contribution in [3.05, 3.63) is 82.9 Å². The molecule has 0 amide bonds. The molecule has 34 heavy (non-hydrogen) atoms. The number of hydrogen-bond donors (Lipinski definition) is 4. The molecule has 0 aromatic heterocycles. The Balaban J connectivity index is 1.90. The van der Waals surface area contributed by atoms with Crippen LogP contribution >= 0.6 is 0 Å². The van der Waals surface area contributed by atoms with Gasteiger partial charge in [-0.3, -0.25) is 0 Å². The molecule has 3 aromatic rings. The highest BCUT2D eigenvalue weighted by Gasteiger charge is 2.36. The second-order valence-corrected chi connectivity index (χ2v) is 7.01. The lowest BCUT2D eigenvalue weighted by Crippen LogP contribution is -2.11. The van der Waals surface area contributed by atoms with Crippen LogP contribution in [-0.4, -0.2) is 10.4 Å². The molecule has 0 saturated heterocycles. The van der Waals surface area contributed by atoms with E-state index in [2.05, 4.69) is 0 Å². The molecular weight excluding hydrogens is 470 g/mol. The summed E-state index contributed by atoms with van der Waals surface area (Å²) < 4.78 is 91.5. The number of alkyl halides is 6. The van der Waals surface area contributed by atoms with E-state index < -0.39 is 35.0 Å². The van der Waals surface area contributed by atoms with Crippen molar-refractivity contribution in [2.24, 2.45) is 0 Å². The summed E-state index contributed by atoms with van der Waals surface area (Å²) in [5.41, 5.74) is 1.64. The Kier molecular flexibility index (Phi) is 7.67. The highest BCUT2D eigenvalue weighted by atomic mass is 19.4. The van der Waals surface area contributed by atoms with Crippen LogP contribution in [0.3, 0.4) is 0 Å². The minimum absolute atomic E-state index is 0.106. The maximum atomic E-state index is 13.5. The molecule has 0 fully saturated rings. The second-order valence-electron chi connectivity index (χ2n) is 7.01. The Hall–Kier alpha value is -3.32. The van der Waals surface area contributed by atoms with E-state index in [1.807, 2.05) is 0 Å². The number of halogens is 6. The lowest BCUT2D eigenvalue weighted by molar-refractivity contribution is -0.139. The molecule has 3 rings (SSSR count). The zero-order valence-corrected chi connectivity index (χ0v) is 17.2. The van der Waals surface area contributed by atoms with Crippen LogP contribution in [-0.2, 0) is 25.4 Å². The van der Waals surface area contributed by atoms with E-state index in [-0.39, 0.29) is 35.7 Å². The fourth-order valence-corrected chi connectivity index (χ4v) is 3.03. The smallest absolute Gasteiger partial charge is 0.419 e. The SMILES string of the molecule is ONCc1ccc(Oc2cccc(Oc3ccc(CNO)cc3C(F)(F)F)c2)c(C(F)(F)F)c1. The molecule has 0 aliphatic rings. The molecule has 0 radical (unpaired) electrons. The van der Waals surface area contributed by atoms with Gasteiger partial charge in [0.2, 0.25) is 0 Å². The second kappa shape index (κ2) is 10.3. The van der Waals surface area contributed by atoms with E-state index in [1.165, 1.54) is 30.3 Å². The molecule has 4 N–H and O–H groups in total. The van der Waals surface area contributed by atoms with E-state index in [0.717, 1.165) is 30.3 Å². The summed E-state index contributed by atoms with van der Waals surface area (Å²) in [6.07, 6.45) is -9.52. The summed E-state index contributed by atoms with van der Waals surface area (Å²) in [7, 11) is 0. The maximum Gasteiger partial charge on any atom is 0.419 e. The van der Waals surface area contributed by atoms with Gasteiger partial charge in [0.25, 0.3) is 0 Å². The van der Waals surface area contributed by atoms with Crippen molar-refractivity contribution < 1.29 is 46.2 Å². The fourth-order valence-electron chi connectivity index (χ4n) is 3.03. The minimum atomic E-state index is -4.76. The third kappa shape index (κ3) is 6.38. The quantitative estimate of drug-likeness (QED) is 0.221. The summed E-state index contributed by atoms with van der Waals surface area (Å²) in [5.74, 6) is -1.29. The van der Waals surface area contributed by atoms with Crippen LogP contribution in [0.1, 0.15) is 22.3 Å². The predicted molar refractivity (Wildman–Crippen MR) is 107 cm³/mol. The Morgan fingerprint density at radius 1 is 0.618 bits per heavy atom. The zero-order valence-electron chi connectivity index (χ0n) is 17.2. The van der Waals surface area contributed by atoms with Gasteiger partial charge in [0.05, 0.1) is 11.1 Å². The highest BCUT2D eigenvalue weighted by molar-refractivity contribution is 5.46. The van der Waals surface area contributed by atoms with Crippen molar-refractivity contribution in [2.75, 3.05) is 0 Å². The number of ether oxygens (including phenoxy) is 2. The molecule has 182 valence electrons. The third-order valence-corrected chi connectivity index (χ3v) is 4.53. The van der Waals surface area contributed by atoms with Gasteiger partial charge in [0.1, 0.15) is 23.0 Å². The molecule has 0 aliphatic carbocycles. The van der Waals surface area contributed by atoms with E-state index in [0.29, 0.717) is 0 Å². The molecule has 12 heteroatoms. The van der Waals surface area contributed by atoms with Crippen LogP contribution in [0.5, 0.6) is 23.0 Å². The summed E-state index contributed by atoms with van der Waals surface area (Å²) in [6, 6.07) is 11.5. The molecule has 0 spiro atoms. The lowest BCUT2D eigenvalue weighted by atomic mass is 10.1. The molecule has 0 aliphatic heterocycles. The lowest BCUT2D eigenvalue weighted by Gasteiger charge is -2.17. The summed E-state index contributed by atoms with van der Waals surface area (Å²) in [4.78, 5) is 0. The van der Waals surface area contributed by atoms with E-state index in [1.54, 1.807) is 11.0 Å². The first-order valence-corrected chi connectivity index (χ1v) is 9.61. The Bertz CT molecular complexity index is 1050. The molecule has 3 aromatic carbocycles. The van der Waals surface area contributed by atoms with Crippen LogP contribution in [0.4, 0.5) is 26.3 Å². The van der Waals surface area contributed by atoms with Crippen LogP contribution in [0.15, 0.2) is 60.7 Å². The Morgan fingerprint density at radius 2 is 1.03 bits per heavy atom. The Labute approximate surface area is 189 Å². The monoisotopic (exact) mass is 488 g/mol. The average molecular weight is 488 g/mol.